The predicted octanol–water partition coefficient (Wildman–Crippen LogP) is 4.88. The van der Waals surface area contributed by atoms with Gasteiger partial charge in [0.25, 0.3) is 0 Å². The average Bonchev–Trinajstić information content (AvgIpc) is 3.12. The molecule has 3 aromatic rings. The summed E-state index contributed by atoms with van der Waals surface area (Å²) in [4.78, 5) is 7.12. The van der Waals surface area contributed by atoms with Crippen molar-refractivity contribution >= 4 is 0 Å². The van der Waals surface area contributed by atoms with Crippen molar-refractivity contribution in [2.24, 2.45) is 7.05 Å². The number of likely N-dealkylation sites (tertiary alicyclic amines) is 1. The van der Waals surface area contributed by atoms with E-state index in [4.69, 9.17) is 4.98 Å². The number of alkyl halides is 3. The summed E-state index contributed by atoms with van der Waals surface area (Å²) in [6.45, 7) is 2.75. The van der Waals surface area contributed by atoms with Crippen LogP contribution in [-0.2, 0) is 19.8 Å². The lowest BCUT2D eigenvalue weighted by Crippen LogP contribution is -2.34. The minimum absolute atomic E-state index is 0.270. The van der Waals surface area contributed by atoms with Gasteiger partial charge < -0.3 is 0 Å². The minimum atomic E-state index is -4.36. The summed E-state index contributed by atoms with van der Waals surface area (Å²) >= 11 is 0. The number of hydrogen-bond donors (Lipinski definition) is 0. The summed E-state index contributed by atoms with van der Waals surface area (Å²) in [5.41, 5.74) is 2.54. The van der Waals surface area contributed by atoms with E-state index < -0.39 is 11.7 Å². The molecule has 1 atom stereocenters. The van der Waals surface area contributed by atoms with Crippen LogP contribution in [0.25, 0.3) is 11.3 Å². The Labute approximate surface area is 168 Å². The molecule has 0 radical (unpaired) electrons. The Morgan fingerprint density at radius 1 is 1.14 bits per heavy atom. The molecular weight excluding hydrogens is 377 g/mol. The zero-order valence-corrected chi connectivity index (χ0v) is 16.2. The Hall–Kier alpha value is -2.67. The van der Waals surface area contributed by atoms with Crippen LogP contribution in [0.5, 0.6) is 0 Å². The molecule has 0 amide bonds. The number of halogens is 3. The predicted molar refractivity (Wildman–Crippen MR) is 105 cm³/mol. The molecule has 1 saturated heterocycles. The van der Waals surface area contributed by atoms with E-state index in [1.165, 1.54) is 17.7 Å². The average molecular weight is 400 g/mol. The van der Waals surface area contributed by atoms with E-state index in [0.29, 0.717) is 11.3 Å². The Morgan fingerprint density at radius 2 is 1.97 bits per heavy atom. The molecule has 3 heterocycles. The Kier molecular flexibility index (Phi) is 5.41. The van der Waals surface area contributed by atoms with Crippen molar-refractivity contribution in [1.82, 2.24) is 19.7 Å². The minimum Gasteiger partial charge on any atom is -0.298 e. The molecular formula is C22H23F3N4. The summed E-state index contributed by atoms with van der Waals surface area (Å²) in [6, 6.07) is 11.0. The monoisotopic (exact) mass is 400 g/mol. The zero-order chi connectivity index (χ0) is 20.4. The number of piperidine rings is 1. The second-order valence-corrected chi connectivity index (χ2v) is 7.62. The second kappa shape index (κ2) is 7.99. The van der Waals surface area contributed by atoms with E-state index >= 15 is 0 Å². The van der Waals surface area contributed by atoms with Gasteiger partial charge in [0.15, 0.2) is 0 Å². The van der Waals surface area contributed by atoms with Gasteiger partial charge in [-0.3, -0.25) is 14.6 Å². The first-order chi connectivity index (χ1) is 13.9. The third-order valence-electron chi connectivity index (χ3n) is 5.34. The van der Waals surface area contributed by atoms with E-state index in [0.717, 1.165) is 44.2 Å². The first-order valence-electron chi connectivity index (χ1n) is 9.73. The van der Waals surface area contributed by atoms with Crippen molar-refractivity contribution in [3.05, 3.63) is 71.7 Å². The van der Waals surface area contributed by atoms with Gasteiger partial charge in [-0.1, -0.05) is 18.2 Å². The molecule has 152 valence electrons. The molecule has 7 heteroatoms. The van der Waals surface area contributed by atoms with Gasteiger partial charge in [0.1, 0.15) is 0 Å². The van der Waals surface area contributed by atoms with Crippen LogP contribution in [0.4, 0.5) is 13.2 Å². The van der Waals surface area contributed by atoms with E-state index in [1.807, 2.05) is 31.6 Å². The van der Waals surface area contributed by atoms with Crippen LogP contribution in [0.15, 0.2) is 54.9 Å². The van der Waals surface area contributed by atoms with Crippen molar-refractivity contribution in [3.63, 3.8) is 0 Å². The fourth-order valence-electron chi connectivity index (χ4n) is 3.95. The molecule has 4 nitrogen and oxygen atoms in total. The topological polar surface area (TPSA) is 34.0 Å². The van der Waals surface area contributed by atoms with E-state index in [1.54, 1.807) is 16.8 Å². The van der Waals surface area contributed by atoms with Crippen LogP contribution in [0, 0.1) is 0 Å². The number of pyridine rings is 1. The molecule has 2 aromatic heterocycles. The van der Waals surface area contributed by atoms with Crippen molar-refractivity contribution in [1.29, 1.82) is 0 Å². The maximum Gasteiger partial charge on any atom is 0.416 e. The fraction of sp³-hybridized carbons (Fsp3) is 0.364. The van der Waals surface area contributed by atoms with Crippen molar-refractivity contribution in [3.8, 4) is 11.3 Å². The molecule has 1 aliphatic rings. The summed E-state index contributed by atoms with van der Waals surface area (Å²) in [7, 11) is 1.91. The molecule has 0 bridgehead atoms. The molecule has 4 rings (SSSR count). The highest BCUT2D eigenvalue weighted by Gasteiger charge is 2.30. The number of nitrogens with zero attached hydrogens (tertiary/aromatic N) is 4. The number of benzene rings is 1. The summed E-state index contributed by atoms with van der Waals surface area (Å²) in [6.07, 6.45) is 1.65. The van der Waals surface area contributed by atoms with Gasteiger partial charge in [0.05, 0.1) is 17.5 Å². The maximum absolute atomic E-state index is 13.0. The highest BCUT2D eigenvalue weighted by molar-refractivity contribution is 5.60. The van der Waals surface area contributed by atoms with Gasteiger partial charge in [-0.25, -0.2) is 0 Å². The van der Waals surface area contributed by atoms with Crippen molar-refractivity contribution in [2.75, 3.05) is 13.1 Å². The number of aromatic nitrogens is 3. The fourth-order valence-corrected chi connectivity index (χ4v) is 3.95. The number of rotatable bonds is 4. The van der Waals surface area contributed by atoms with Crippen LogP contribution in [0.3, 0.4) is 0 Å². The maximum atomic E-state index is 13.0. The van der Waals surface area contributed by atoms with Crippen LogP contribution in [0.2, 0.25) is 0 Å². The first-order valence-corrected chi connectivity index (χ1v) is 9.73. The highest BCUT2D eigenvalue weighted by atomic mass is 19.4. The van der Waals surface area contributed by atoms with Gasteiger partial charge >= 0.3 is 6.18 Å². The van der Waals surface area contributed by atoms with E-state index in [-0.39, 0.29) is 5.92 Å². The van der Waals surface area contributed by atoms with Crippen LogP contribution in [0.1, 0.15) is 35.6 Å². The van der Waals surface area contributed by atoms with Gasteiger partial charge in [-0.2, -0.15) is 18.3 Å². The molecule has 0 N–H and O–H groups in total. The molecule has 1 aliphatic heterocycles. The van der Waals surface area contributed by atoms with E-state index in [2.05, 4.69) is 10.00 Å². The third kappa shape index (κ3) is 4.67. The van der Waals surface area contributed by atoms with Crippen molar-refractivity contribution in [2.45, 2.75) is 31.5 Å². The van der Waals surface area contributed by atoms with E-state index in [9.17, 15) is 13.2 Å². The summed E-state index contributed by atoms with van der Waals surface area (Å²) < 4.78 is 40.9. The highest BCUT2D eigenvalue weighted by Crippen LogP contribution is 2.33. The summed E-state index contributed by atoms with van der Waals surface area (Å²) in [5.74, 6) is 0.270. The van der Waals surface area contributed by atoms with Gasteiger partial charge in [0.2, 0.25) is 0 Å². The van der Waals surface area contributed by atoms with Gasteiger partial charge in [0, 0.05) is 49.1 Å². The SMILES string of the molecule is Cn1cc(CN2CCC[C@@H](c3cccc(-c4cccc(C(F)(F)F)c4)n3)C2)cn1. The van der Waals surface area contributed by atoms with Crippen molar-refractivity contribution < 1.29 is 13.2 Å². The van der Waals surface area contributed by atoms with Gasteiger partial charge in [-0.05, 0) is 43.7 Å². The standard InChI is InChI=1S/C22H23F3N4/c1-28-13-16(12-26-28)14-29-10-4-6-18(15-29)21-9-3-8-20(27-21)17-5-2-7-19(11-17)22(23,24)25/h2-3,5,7-9,11-13,18H,4,6,10,14-15H2,1H3/t18-/m1/s1. The normalized spacial score (nSPS) is 18.1. The van der Waals surface area contributed by atoms with Crippen LogP contribution in [-0.4, -0.2) is 32.8 Å². The molecule has 0 unspecified atom stereocenters. The molecule has 1 fully saturated rings. The lowest BCUT2D eigenvalue weighted by Gasteiger charge is -2.32. The summed E-state index contributed by atoms with van der Waals surface area (Å²) in [5, 5.41) is 4.23. The quantitative estimate of drug-likeness (QED) is 0.626. The Bertz CT molecular complexity index is 980. The third-order valence-corrected chi connectivity index (χ3v) is 5.34. The Balaban J connectivity index is 1.52. The number of aryl methyl sites for hydroxylation is 1. The van der Waals surface area contributed by atoms with Crippen LogP contribution < -0.4 is 0 Å². The first kappa shape index (κ1) is 19.6. The van der Waals surface area contributed by atoms with Gasteiger partial charge in [-0.15, -0.1) is 0 Å². The van der Waals surface area contributed by atoms with Crippen LogP contribution >= 0.6 is 0 Å². The molecule has 29 heavy (non-hydrogen) atoms. The number of hydrogen-bond acceptors (Lipinski definition) is 3. The Morgan fingerprint density at radius 3 is 2.72 bits per heavy atom. The molecule has 0 aliphatic carbocycles. The lowest BCUT2D eigenvalue weighted by molar-refractivity contribution is -0.137. The molecule has 0 saturated carbocycles. The smallest absolute Gasteiger partial charge is 0.298 e. The second-order valence-electron chi connectivity index (χ2n) is 7.62. The zero-order valence-electron chi connectivity index (χ0n) is 16.2. The lowest BCUT2D eigenvalue weighted by atomic mass is 9.93. The molecule has 1 aromatic carbocycles. The largest absolute Gasteiger partial charge is 0.416 e. The molecule has 0 spiro atoms.